The highest BCUT2D eigenvalue weighted by Gasteiger charge is 2.46. The highest BCUT2D eigenvalue weighted by Crippen LogP contribution is 2.45. The van der Waals surface area contributed by atoms with Gasteiger partial charge in [-0.05, 0) is 65.8 Å². The quantitative estimate of drug-likeness (QED) is 0.688. The Morgan fingerprint density at radius 3 is 2.65 bits per heavy atom. The van der Waals surface area contributed by atoms with Crippen LogP contribution in [-0.2, 0) is 10.3 Å². The molecule has 1 aromatic rings. The Kier molecular flexibility index (Phi) is 6.31. The van der Waals surface area contributed by atoms with E-state index >= 15 is 0 Å². The van der Waals surface area contributed by atoms with Crippen LogP contribution in [0.2, 0.25) is 0 Å². The number of nitrogens with two attached hydrogens (primary N) is 1. The number of primary amides is 1. The Hall–Kier alpha value is -0.820. The van der Waals surface area contributed by atoms with Crippen molar-refractivity contribution in [3.63, 3.8) is 0 Å². The van der Waals surface area contributed by atoms with Crippen molar-refractivity contribution in [1.29, 1.82) is 0 Å². The van der Waals surface area contributed by atoms with Crippen molar-refractivity contribution in [2.45, 2.75) is 57.7 Å². The third kappa shape index (κ3) is 4.38. The number of ether oxygens (including phenoxy) is 1. The summed E-state index contributed by atoms with van der Waals surface area (Å²) in [4.78, 5) is 11.3. The maximum atomic E-state index is 11.7. The summed E-state index contributed by atoms with van der Waals surface area (Å²) in [5.41, 5.74) is 5.18. The topological polar surface area (TPSA) is 72.6 Å². The van der Waals surface area contributed by atoms with Crippen LogP contribution in [0.15, 0.2) is 24.3 Å². The summed E-state index contributed by atoms with van der Waals surface area (Å²) in [5, 5.41) is 11.7. The second-order valence-electron chi connectivity index (χ2n) is 6.87. The first kappa shape index (κ1) is 18.5. The van der Waals surface area contributed by atoms with Crippen LogP contribution >= 0.6 is 22.6 Å². The number of carbonyl (C=O) groups excluding carboxylic acids is 1. The third-order valence-corrected chi connectivity index (χ3v) is 5.58. The number of benzene rings is 1. The number of amides is 1. The zero-order valence-corrected chi connectivity index (χ0v) is 16.0. The summed E-state index contributed by atoms with van der Waals surface area (Å²) in [7, 11) is 0. The monoisotopic (exact) mass is 431 g/mol. The number of carbonyl (C=O) groups is 1. The van der Waals surface area contributed by atoms with Gasteiger partial charge in [-0.3, -0.25) is 0 Å². The predicted molar refractivity (Wildman–Crippen MR) is 98.9 cm³/mol. The molecule has 0 spiro atoms. The van der Waals surface area contributed by atoms with Gasteiger partial charge in [-0.25, -0.2) is 4.79 Å². The maximum Gasteiger partial charge on any atom is 0.404 e. The van der Waals surface area contributed by atoms with Crippen LogP contribution in [0.1, 0.15) is 51.5 Å². The zero-order chi connectivity index (χ0) is 17.0. The minimum Gasteiger partial charge on any atom is -0.446 e. The van der Waals surface area contributed by atoms with E-state index in [9.17, 15) is 9.90 Å². The van der Waals surface area contributed by atoms with Gasteiger partial charge in [-0.1, -0.05) is 38.5 Å². The summed E-state index contributed by atoms with van der Waals surface area (Å²) in [6.45, 7) is 4.21. The van der Waals surface area contributed by atoms with E-state index in [2.05, 4.69) is 36.4 Å². The largest absolute Gasteiger partial charge is 0.446 e. The molecule has 0 unspecified atom stereocenters. The molecule has 0 bridgehead atoms. The Morgan fingerprint density at radius 2 is 2.04 bits per heavy atom. The summed E-state index contributed by atoms with van der Waals surface area (Å²) in [6, 6.07) is 7.92. The van der Waals surface area contributed by atoms with Gasteiger partial charge in [-0.15, -0.1) is 0 Å². The first-order valence-corrected chi connectivity index (χ1v) is 9.36. The van der Waals surface area contributed by atoms with Crippen LogP contribution in [-0.4, -0.2) is 17.3 Å². The van der Waals surface area contributed by atoms with Gasteiger partial charge in [0.2, 0.25) is 0 Å². The normalized spacial score (nSPS) is 24.2. The van der Waals surface area contributed by atoms with Crippen LogP contribution < -0.4 is 5.73 Å². The number of rotatable bonds is 5. The molecular formula is C18H26INO3. The van der Waals surface area contributed by atoms with Gasteiger partial charge in [-0.2, -0.15) is 0 Å². The lowest BCUT2D eigenvalue weighted by atomic mass is 9.68. The van der Waals surface area contributed by atoms with Gasteiger partial charge in [0.15, 0.2) is 0 Å². The minimum atomic E-state index is -1.01. The molecule has 0 heterocycles. The molecule has 2 rings (SSSR count). The maximum absolute atomic E-state index is 11.7. The zero-order valence-electron chi connectivity index (χ0n) is 13.8. The van der Waals surface area contributed by atoms with Crippen molar-refractivity contribution in [1.82, 2.24) is 0 Å². The molecule has 1 aliphatic carbocycles. The van der Waals surface area contributed by atoms with Crippen molar-refractivity contribution >= 4 is 28.7 Å². The Morgan fingerprint density at radius 1 is 1.39 bits per heavy atom. The molecule has 5 heteroatoms. The van der Waals surface area contributed by atoms with Crippen LogP contribution in [0.25, 0.3) is 0 Å². The molecule has 3 atom stereocenters. The average Bonchev–Trinajstić information content (AvgIpc) is 2.46. The summed E-state index contributed by atoms with van der Waals surface area (Å²) >= 11 is 2.27. The van der Waals surface area contributed by atoms with Crippen molar-refractivity contribution in [2.75, 3.05) is 0 Å². The van der Waals surface area contributed by atoms with Gasteiger partial charge in [0, 0.05) is 9.49 Å². The molecule has 1 amide bonds. The van der Waals surface area contributed by atoms with Gasteiger partial charge < -0.3 is 15.6 Å². The fraction of sp³-hybridized carbons (Fsp3) is 0.611. The van der Waals surface area contributed by atoms with Crippen LogP contribution in [0.3, 0.4) is 0 Å². The highest BCUT2D eigenvalue weighted by atomic mass is 127. The third-order valence-electron chi connectivity index (χ3n) is 4.64. The lowest BCUT2D eigenvalue weighted by Crippen LogP contribution is -2.47. The van der Waals surface area contributed by atoms with Crippen LogP contribution in [0.4, 0.5) is 4.79 Å². The summed E-state index contributed by atoms with van der Waals surface area (Å²) < 4.78 is 6.41. The lowest BCUT2D eigenvalue weighted by molar-refractivity contribution is -0.106. The molecule has 0 saturated heterocycles. The Labute approximate surface area is 151 Å². The molecule has 1 aromatic carbocycles. The standard InChI is InChI=1S/C18H26INO3/c1-12(2)11-18(22,13-7-3-5-9-15(13)19)14-8-4-6-10-16(14)23-17(20)21/h3,5,7,9,12,14,16,22H,4,6,8,10-11H2,1-2H3,(H2,20,21)/t14-,16-,18+/m0/s1. The fourth-order valence-corrected chi connectivity index (χ4v) is 4.68. The Bertz CT molecular complexity index is 549. The van der Waals surface area contributed by atoms with Gasteiger partial charge in [0.1, 0.15) is 6.10 Å². The van der Waals surface area contributed by atoms with Gasteiger partial charge >= 0.3 is 6.09 Å². The first-order valence-electron chi connectivity index (χ1n) is 8.28. The van der Waals surface area contributed by atoms with E-state index in [1.54, 1.807) is 0 Å². The fourth-order valence-electron chi connectivity index (χ4n) is 3.83. The van der Waals surface area contributed by atoms with E-state index in [0.717, 1.165) is 34.8 Å². The number of aliphatic hydroxyl groups is 1. The molecular weight excluding hydrogens is 405 g/mol. The van der Waals surface area contributed by atoms with Crippen molar-refractivity contribution in [2.24, 2.45) is 17.6 Å². The average molecular weight is 431 g/mol. The SMILES string of the molecule is CC(C)C[C@@](O)(c1ccccc1I)[C@H]1CCCC[C@@H]1OC(N)=O. The number of halogens is 1. The van der Waals surface area contributed by atoms with Crippen molar-refractivity contribution in [3.8, 4) is 0 Å². The molecule has 4 nitrogen and oxygen atoms in total. The first-order chi connectivity index (χ1) is 10.8. The van der Waals surface area contributed by atoms with E-state index in [1.165, 1.54) is 0 Å². The molecule has 1 aliphatic rings. The summed E-state index contributed by atoms with van der Waals surface area (Å²) in [6.07, 6.45) is 3.20. The van der Waals surface area contributed by atoms with E-state index in [1.807, 2.05) is 24.3 Å². The van der Waals surface area contributed by atoms with E-state index in [-0.39, 0.29) is 12.0 Å². The molecule has 0 aromatic heterocycles. The molecule has 3 N–H and O–H groups in total. The lowest BCUT2D eigenvalue weighted by Gasteiger charge is -2.44. The molecule has 0 aliphatic heterocycles. The minimum absolute atomic E-state index is 0.123. The van der Waals surface area contributed by atoms with Crippen LogP contribution in [0.5, 0.6) is 0 Å². The highest BCUT2D eigenvalue weighted by molar-refractivity contribution is 14.1. The van der Waals surface area contributed by atoms with Gasteiger partial charge in [0.05, 0.1) is 5.60 Å². The molecule has 23 heavy (non-hydrogen) atoms. The van der Waals surface area contributed by atoms with E-state index in [4.69, 9.17) is 10.5 Å². The smallest absolute Gasteiger partial charge is 0.404 e. The second kappa shape index (κ2) is 7.83. The molecule has 1 fully saturated rings. The van der Waals surface area contributed by atoms with E-state index < -0.39 is 11.7 Å². The number of hydrogen-bond acceptors (Lipinski definition) is 3. The predicted octanol–water partition coefficient (Wildman–Crippen LogP) is 4.18. The van der Waals surface area contributed by atoms with Crippen LogP contribution in [0, 0.1) is 15.4 Å². The number of hydrogen-bond donors (Lipinski definition) is 2. The summed E-state index contributed by atoms with van der Waals surface area (Å²) in [5.74, 6) is 0.203. The van der Waals surface area contributed by atoms with Gasteiger partial charge in [0.25, 0.3) is 0 Å². The molecule has 128 valence electrons. The van der Waals surface area contributed by atoms with Crippen molar-refractivity contribution in [3.05, 3.63) is 33.4 Å². The van der Waals surface area contributed by atoms with E-state index in [0.29, 0.717) is 12.3 Å². The molecule has 0 radical (unpaired) electrons. The Balaban J connectivity index is 2.43. The second-order valence-corrected chi connectivity index (χ2v) is 8.03. The van der Waals surface area contributed by atoms with Crippen molar-refractivity contribution < 1.29 is 14.6 Å². The molecule has 1 saturated carbocycles.